The van der Waals surface area contributed by atoms with Crippen LogP contribution in [0.3, 0.4) is 0 Å². The van der Waals surface area contributed by atoms with Gasteiger partial charge in [-0.15, -0.1) is 0 Å². The molecule has 100 valence electrons. The molecule has 4 nitrogen and oxygen atoms in total. The van der Waals surface area contributed by atoms with Crippen LogP contribution in [0.15, 0.2) is 18.2 Å². The van der Waals surface area contributed by atoms with E-state index in [0.29, 0.717) is 17.3 Å². The summed E-state index contributed by atoms with van der Waals surface area (Å²) in [7, 11) is 1.56. The second-order valence-corrected chi connectivity index (χ2v) is 4.63. The first-order chi connectivity index (χ1) is 8.56. The zero-order chi connectivity index (χ0) is 13.5. The van der Waals surface area contributed by atoms with E-state index < -0.39 is 0 Å². The van der Waals surface area contributed by atoms with Gasteiger partial charge >= 0.3 is 0 Å². The van der Waals surface area contributed by atoms with Gasteiger partial charge in [0.1, 0.15) is 5.75 Å². The zero-order valence-corrected chi connectivity index (χ0v) is 11.3. The van der Waals surface area contributed by atoms with Crippen molar-refractivity contribution in [3.63, 3.8) is 0 Å². The lowest BCUT2D eigenvalue weighted by molar-refractivity contribution is -0.120. The maximum absolute atomic E-state index is 11.7. The maximum Gasteiger partial charge on any atom is 0.224 e. The fraction of sp³-hybridized carbons (Fsp3) is 0.462. The van der Waals surface area contributed by atoms with Crippen LogP contribution in [0.25, 0.3) is 0 Å². The van der Waals surface area contributed by atoms with Gasteiger partial charge in [0.05, 0.1) is 13.5 Å². The molecule has 0 aliphatic heterocycles. The topological polar surface area (TPSA) is 58.6 Å². The van der Waals surface area contributed by atoms with Crippen LogP contribution < -0.4 is 10.1 Å². The summed E-state index contributed by atoms with van der Waals surface area (Å²) in [6.07, 6.45) is 0.223. The van der Waals surface area contributed by atoms with E-state index in [1.807, 2.05) is 6.92 Å². The van der Waals surface area contributed by atoms with Gasteiger partial charge in [-0.2, -0.15) is 0 Å². The molecule has 0 heterocycles. The molecule has 1 rings (SSSR count). The van der Waals surface area contributed by atoms with Crippen molar-refractivity contribution in [3.8, 4) is 5.75 Å². The molecule has 0 spiro atoms. The number of hydrogen-bond acceptors (Lipinski definition) is 3. The molecule has 0 aromatic heterocycles. The van der Waals surface area contributed by atoms with Crippen LogP contribution in [0.4, 0.5) is 0 Å². The van der Waals surface area contributed by atoms with Crippen molar-refractivity contribution in [2.24, 2.45) is 5.92 Å². The highest BCUT2D eigenvalue weighted by atomic mass is 35.5. The Hall–Kier alpha value is -1.26. The quantitative estimate of drug-likeness (QED) is 0.827. The molecule has 0 saturated carbocycles. The normalized spacial score (nSPS) is 12.0. The smallest absolute Gasteiger partial charge is 0.224 e. The van der Waals surface area contributed by atoms with Gasteiger partial charge in [-0.05, 0) is 23.6 Å². The van der Waals surface area contributed by atoms with E-state index in [4.69, 9.17) is 21.4 Å². The summed E-state index contributed by atoms with van der Waals surface area (Å²) >= 11 is 6.04. The van der Waals surface area contributed by atoms with E-state index in [2.05, 4.69) is 5.32 Å². The molecule has 0 aliphatic rings. The Labute approximate surface area is 112 Å². The van der Waals surface area contributed by atoms with Crippen molar-refractivity contribution < 1.29 is 14.6 Å². The maximum atomic E-state index is 11.7. The minimum Gasteiger partial charge on any atom is -0.497 e. The molecular formula is C13H18ClNO3. The Bertz CT molecular complexity index is 409. The fourth-order valence-electron chi connectivity index (χ4n) is 1.39. The standard InChI is InChI=1S/C13H18ClNO3/c1-9(8-16)7-15-13(17)5-10-3-4-11(18-2)6-12(10)14/h3-4,6,9,16H,5,7-8H2,1-2H3,(H,15,17). The molecular weight excluding hydrogens is 254 g/mol. The number of ether oxygens (including phenoxy) is 1. The SMILES string of the molecule is COc1ccc(CC(=O)NCC(C)CO)c(Cl)c1. The summed E-state index contributed by atoms with van der Waals surface area (Å²) in [6, 6.07) is 5.22. The lowest BCUT2D eigenvalue weighted by Crippen LogP contribution is -2.30. The number of carbonyl (C=O) groups is 1. The first-order valence-electron chi connectivity index (χ1n) is 5.76. The molecule has 0 aliphatic carbocycles. The molecule has 0 bridgehead atoms. The average Bonchev–Trinajstić information content (AvgIpc) is 2.38. The summed E-state index contributed by atoms with van der Waals surface area (Å²) < 4.78 is 5.04. The Morgan fingerprint density at radius 3 is 2.83 bits per heavy atom. The molecule has 0 saturated heterocycles. The Morgan fingerprint density at radius 2 is 2.28 bits per heavy atom. The van der Waals surface area contributed by atoms with Gasteiger partial charge in [0.25, 0.3) is 0 Å². The zero-order valence-electron chi connectivity index (χ0n) is 10.6. The summed E-state index contributed by atoms with van der Waals surface area (Å²) in [6.45, 7) is 2.38. The molecule has 1 amide bonds. The van der Waals surface area contributed by atoms with E-state index in [9.17, 15) is 4.79 Å². The number of methoxy groups -OCH3 is 1. The minimum atomic E-state index is -0.109. The van der Waals surface area contributed by atoms with E-state index in [-0.39, 0.29) is 24.9 Å². The van der Waals surface area contributed by atoms with Gasteiger partial charge in [-0.1, -0.05) is 24.6 Å². The number of benzene rings is 1. The Kier molecular flexibility index (Phi) is 5.95. The Balaban J connectivity index is 2.54. The van der Waals surface area contributed by atoms with Crippen LogP contribution in [0.2, 0.25) is 5.02 Å². The number of rotatable bonds is 6. The summed E-state index contributed by atoms with van der Waals surface area (Å²) in [5.41, 5.74) is 0.756. The van der Waals surface area contributed by atoms with Gasteiger partial charge in [0, 0.05) is 18.2 Å². The van der Waals surface area contributed by atoms with E-state index in [1.54, 1.807) is 25.3 Å². The van der Waals surface area contributed by atoms with Gasteiger partial charge in [-0.25, -0.2) is 0 Å². The van der Waals surface area contributed by atoms with Crippen molar-refractivity contribution in [1.82, 2.24) is 5.32 Å². The first kappa shape index (κ1) is 14.8. The molecule has 0 radical (unpaired) electrons. The molecule has 1 aromatic rings. The molecule has 5 heteroatoms. The highest BCUT2D eigenvalue weighted by Crippen LogP contribution is 2.22. The highest BCUT2D eigenvalue weighted by molar-refractivity contribution is 6.31. The molecule has 18 heavy (non-hydrogen) atoms. The summed E-state index contributed by atoms with van der Waals surface area (Å²) in [4.78, 5) is 11.7. The summed E-state index contributed by atoms with van der Waals surface area (Å²) in [5, 5.41) is 12.1. The minimum absolute atomic E-state index is 0.0558. The van der Waals surface area contributed by atoms with Crippen LogP contribution in [0.5, 0.6) is 5.75 Å². The van der Waals surface area contributed by atoms with Gasteiger partial charge < -0.3 is 15.2 Å². The Morgan fingerprint density at radius 1 is 1.56 bits per heavy atom. The van der Waals surface area contributed by atoms with Crippen LogP contribution in [-0.4, -0.2) is 31.3 Å². The third-order valence-corrected chi connectivity index (χ3v) is 2.92. The largest absolute Gasteiger partial charge is 0.497 e. The summed E-state index contributed by atoms with van der Waals surface area (Å²) in [5.74, 6) is 0.612. The molecule has 0 fully saturated rings. The van der Waals surface area contributed by atoms with Crippen molar-refractivity contribution in [2.45, 2.75) is 13.3 Å². The number of aliphatic hydroxyl groups is 1. The van der Waals surface area contributed by atoms with Gasteiger partial charge in [0.15, 0.2) is 0 Å². The predicted octanol–water partition coefficient (Wildman–Crippen LogP) is 1.64. The third-order valence-electron chi connectivity index (χ3n) is 2.57. The van der Waals surface area contributed by atoms with Crippen molar-refractivity contribution in [2.75, 3.05) is 20.3 Å². The lowest BCUT2D eigenvalue weighted by atomic mass is 10.1. The van der Waals surface area contributed by atoms with Crippen molar-refractivity contribution >= 4 is 17.5 Å². The number of nitrogens with one attached hydrogen (secondary N) is 1. The molecule has 1 unspecified atom stereocenters. The second kappa shape index (κ2) is 7.24. The number of halogens is 1. The predicted molar refractivity (Wildman–Crippen MR) is 71.0 cm³/mol. The number of amides is 1. The van der Waals surface area contributed by atoms with Crippen LogP contribution >= 0.6 is 11.6 Å². The molecule has 1 aromatic carbocycles. The van der Waals surface area contributed by atoms with Crippen molar-refractivity contribution in [3.05, 3.63) is 28.8 Å². The van der Waals surface area contributed by atoms with E-state index in [0.717, 1.165) is 5.56 Å². The average molecular weight is 272 g/mol. The lowest BCUT2D eigenvalue weighted by Gasteiger charge is -2.10. The van der Waals surface area contributed by atoms with E-state index in [1.165, 1.54) is 0 Å². The second-order valence-electron chi connectivity index (χ2n) is 4.23. The molecule has 2 N–H and O–H groups in total. The molecule has 1 atom stereocenters. The van der Waals surface area contributed by atoms with Crippen molar-refractivity contribution in [1.29, 1.82) is 0 Å². The van der Waals surface area contributed by atoms with E-state index >= 15 is 0 Å². The fourth-order valence-corrected chi connectivity index (χ4v) is 1.62. The number of aliphatic hydroxyl groups excluding tert-OH is 1. The monoisotopic (exact) mass is 271 g/mol. The van der Waals surface area contributed by atoms with Crippen LogP contribution in [0.1, 0.15) is 12.5 Å². The highest BCUT2D eigenvalue weighted by Gasteiger charge is 2.09. The number of hydrogen-bond donors (Lipinski definition) is 2. The number of carbonyl (C=O) groups excluding carboxylic acids is 1. The van der Waals surface area contributed by atoms with Crippen LogP contribution in [-0.2, 0) is 11.2 Å². The van der Waals surface area contributed by atoms with Crippen LogP contribution in [0, 0.1) is 5.92 Å². The van der Waals surface area contributed by atoms with Gasteiger partial charge in [0.2, 0.25) is 5.91 Å². The first-order valence-corrected chi connectivity index (χ1v) is 6.14. The third kappa shape index (κ3) is 4.55. The van der Waals surface area contributed by atoms with Gasteiger partial charge in [-0.3, -0.25) is 4.79 Å².